The van der Waals surface area contributed by atoms with Crippen LogP contribution in [0.5, 0.6) is 0 Å². The Labute approximate surface area is 213 Å². The van der Waals surface area contributed by atoms with Crippen LogP contribution in [0.2, 0.25) is 0 Å². The van der Waals surface area contributed by atoms with E-state index < -0.39 is 5.97 Å². The molecule has 1 aliphatic heterocycles. The first-order valence-corrected chi connectivity index (χ1v) is 12.3. The molecule has 0 unspecified atom stereocenters. The molecule has 5 nitrogen and oxygen atoms in total. The monoisotopic (exact) mass is 494 g/mol. The summed E-state index contributed by atoms with van der Waals surface area (Å²) < 4.78 is 0. The Morgan fingerprint density at radius 1 is 0.943 bits per heavy atom. The highest BCUT2D eigenvalue weighted by molar-refractivity contribution is 5.86. The lowest BCUT2D eigenvalue weighted by molar-refractivity contribution is -0.137. The fraction of sp³-hybridized carbons (Fsp3) is 0.379. The van der Waals surface area contributed by atoms with Crippen LogP contribution in [0.15, 0.2) is 72.8 Å². The van der Waals surface area contributed by atoms with Crippen LogP contribution >= 0.6 is 12.4 Å². The van der Waals surface area contributed by atoms with Crippen LogP contribution in [0.4, 0.5) is 0 Å². The zero-order chi connectivity index (χ0) is 23.9. The van der Waals surface area contributed by atoms with Gasteiger partial charge in [0, 0.05) is 44.4 Å². The fourth-order valence-corrected chi connectivity index (χ4v) is 5.14. The maximum absolute atomic E-state index is 12.9. The molecule has 6 heteroatoms. The molecule has 0 aliphatic carbocycles. The number of carboxylic acid groups (broad SMARTS) is 1. The van der Waals surface area contributed by atoms with Crippen molar-refractivity contribution in [2.45, 2.75) is 44.6 Å². The van der Waals surface area contributed by atoms with E-state index in [2.05, 4.69) is 79.0 Å². The van der Waals surface area contributed by atoms with Gasteiger partial charge in [0.15, 0.2) is 0 Å². The van der Waals surface area contributed by atoms with Crippen molar-refractivity contribution < 1.29 is 14.7 Å². The molecule has 0 saturated carbocycles. The van der Waals surface area contributed by atoms with Crippen LogP contribution in [0.25, 0.3) is 10.8 Å². The number of hydrogen-bond donors (Lipinski definition) is 2. The number of likely N-dealkylation sites (tertiary alicyclic amines) is 1. The number of aliphatic carboxylic acids is 1. The average molecular weight is 495 g/mol. The molecule has 35 heavy (non-hydrogen) atoms. The number of carbonyl (C=O) groups is 2. The Bertz CT molecular complexity index is 1120. The smallest absolute Gasteiger partial charge is 0.303 e. The number of hydrogen-bond acceptors (Lipinski definition) is 3. The van der Waals surface area contributed by atoms with Gasteiger partial charge in [-0.2, -0.15) is 0 Å². The third kappa shape index (κ3) is 6.83. The normalized spacial score (nSPS) is 18.3. The number of unbranched alkanes of at least 4 members (excludes halogenated alkanes) is 1. The van der Waals surface area contributed by atoms with Gasteiger partial charge in [0.2, 0.25) is 5.91 Å². The van der Waals surface area contributed by atoms with E-state index in [1.807, 2.05) is 11.0 Å². The summed E-state index contributed by atoms with van der Waals surface area (Å²) in [5.41, 5.74) is 2.56. The Morgan fingerprint density at radius 3 is 2.40 bits per heavy atom. The van der Waals surface area contributed by atoms with E-state index >= 15 is 0 Å². The van der Waals surface area contributed by atoms with E-state index in [-0.39, 0.29) is 36.7 Å². The van der Waals surface area contributed by atoms with E-state index in [0.717, 1.165) is 19.6 Å². The minimum Gasteiger partial charge on any atom is -0.481 e. The Morgan fingerprint density at radius 2 is 1.63 bits per heavy atom. The third-order valence-electron chi connectivity index (χ3n) is 7.03. The predicted octanol–water partition coefficient (Wildman–Crippen LogP) is 5.80. The first-order valence-electron chi connectivity index (χ1n) is 12.3. The van der Waals surface area contributed by atoms with Gasteiger partial charge in [-0.25, -0.2) is 0 Å². The molecule has 4 rings (SSSR count). The van der Waals surface area contributed by atoms with E-state index in [4.69, 9.17) is 5.11 Å². The number of carboxylic acids is 1. The first kappa shape index (κ1) is 26.7. The zero-order valence-corrected chi connectivity index (χ0v) is 21.0. The van der Waals surface area contributed by atoms with Crippen LogP contribution < -0.4 is 5.32 Å². The van der Waals surface area contributed by atoms with Gasteiger partial charge < -0.3 is 15.3 Å². The number of halogens is 1. The van der Waals surface area contributed by atoms with Crippen molar-refractivity contribution in [1.29, 1.82) is 0 Å². The van der Waals surface area contributed by atoms with Crippen molar-refractivity contribution in [1.82, 2.24) is 10.2 Å². The van der Waals surface area contributed by atoms with Crippen LogP contribution in [0, 0.1) is 5.92 Å². The number of carbonyl (C=O) groups excluding carboxylic acids is 1. The van der Waals surface area contributed by atoms with Crippen molar-refractivity contribution in [2.75, 3.05) is 19.6 Å². The highest BCUT2D eigenvalue weighted by atomic mass is 35.5. The zero-order valence-electron chi connectivity index (χ0n) is 20.2. The topological polar surface area (TPSA) is 69.6 Å². The molecule has 0 bridgehead atoms. The Balaban J connectivity index is 0.00000342. The predicted molar refractivity (Wildman–Crippen MR) is 143 cm³/mol. The fourth-order valence-electron chi connectivity index (χ4n) is 5.14. The van der Waals surface area contributed by atoms with Gasteiger partial charge in [-0.15, -0.1) is 12.4 Å². The molecule has 3 atom stereocenters. The van der Waals surface area contributed by atoms with Gasteiger partial charge in [0.1, 0.15) is 0 Å². The SMILES string of the molecule is C[C@@H](NC[C@@H]1CN(C(=O)CCCCC(=O)O)C[C@@H]1c1ccccc1)c1cccc2ccccc12.Cl. The average Bonchev–Trinajstić information content (AvgIpc) is 3.29. The molecule has 0 aromatic heterocycles. The van der Waals surface area contributed by atoms with Gasteiger partial charge in [-0.1, -0.05) is 72.8 Å². The van der Waals surface area contributed by atoms with E-state index in [0.29, 0.717) is 25.2 Å². The summed E-state index contributed by atoms with van der Waals surface area (Å²) in [7, 11) is 0. The molecule has 3 aromatic rings. The minimum absolute atomic E-state index is 0. The van der Waals surface area contributed by atoms with E-state index in [9.17, 15) is 9.59 Å². The van der Waals surface area contributed by atoms with Crippen molar-refractivity contribution >= 4 is 35.1 Å². The van der Waals surface area contributed by atoms with Crippen molar-refractivity contribution in [3.63, 3.8) is 0 Å². The molecule has 0 radical (unpaired) electrons. The molecule has 3 aromatic carbocycles. The molecular weight excluding hydrogens is 460 g/mol. The second kappa shape index (κ2) is 12.7. The van der Waals surface area contributed by atoms with Crippen molar-refractivity contribution in [3.05, 3.63) is 83.9 Å². The van der Waals surface area contributed by atoms with Gasteiger partial charge in [0.05, 0.1) is 0 Å². The standard InChI is InChI=1S/C29H34N2O3.ClH/c1-21(25-15-9-13-22-12-5-6-14-26(22)25)30-18-24-19-31(28(32)16-7-8-17-29(33)34)20-27(24)23-10-3-2-4-11-23;/h2-6,9-15,21,24,27,30H,7-8,16-20H2,1H3,(H,33,34);1H/t21-,24-,27-;/m1./s1. The van der Waals surface area contributed by atoms with Gasteiger partial charge in [-0.3, -0.25) is 9.59 Å². The molecule has 1 aliphatic rings. The summed E-state index contributed by atoms with van der Waals surface area (Å²) in [4.78, 5) is 25.6. The van der Waals surface area contributed by atoms with Gasteiger partial charge in [0.25, 0.3) is 0 Å². The summed E-state index contributed by atoms with van der Waals surface area (Å²) in [5, 5.41) is 15.1. The summed E-state index contributed by atoms with van der Waals surface area (Å²) >= 11 is 0. The minimum atomic E-state index is -0.802. The Kier molecular flexibility index (Phi) is 9.70. The van der Waals surface area contributed by atoms with Crippen LogP contribution in [0.1, 0.15) is 55.7 Å². The third-order valence-corrected chi connectivity index (χ3v) is 7.03. The van der Waals surface area contributed by atoms with Crippen molar-refractivity contribution in [2.24, 2.45) is 5.92 Å². The quantitative estimate of drug-likeness (QED) is 0.349. The molecule has 1 heterocycles. The van der Waals surface area contributed by atoms with Gasteiger partial charge >= 0.3 is 5.97 Å². The molecule has 1 fully saturated rings. The highest BCUT2D eigenvalue weighted by Gasteiger charge is 2.35. The summed E-state index contributed by atoms with van der Waals surface area (Å²) in [6, 6.07) is 25.6. The van der Waals surface area contributed by atoms with Crippen LogP contribution in [-0.2, 0) is 9.59 Å². The summed E-state index contributed by atoms with van der Waals surface area (Å²) in [6.07, 6.45) is 1.71. The summed E-state index contributed by atoms with van der Waals surface area (Å²) in [6.45, 7) is 4.48. The number of fused-ring (bicyclic) bond motifs is 1. The number of rotatable bonds is 10. The first-order chi connectivity index (χ1) is 16.5. The van der Waals surface area contributed by atoms with Gasteiger partial charge in [-0.05, 0) is 47.6 Å². The maximum atomic E-state index is 12.9. The van der Waals surface area contributed by atoms with E-state index in [1.54, 1.807) is 0 Å². The molecule has 186 valence electrons. The molecule has 1 amide bonds. The van der Waals surface area contributed by atoms with Crippen molar-refractivity contribution in [3.8, 4) is 0 Å². The maximum Gasteiger partial charge on any atom is 0.303 e. The van der Waals surface area contributed by atoms with E-state index in [1.165, 1.54) is 21.9 Å². The lowest BCUT2D eigenvalue weighted by Crippen LogP contribution is -2.31. The largest absolute Gasteiger partial charge is 0.481 e. The molecule has 0 spiro atoms. The number of benzene rings is 3. The lowest BCUT2D eigenvalue weighted by Gasteiger charge is -2.23. The molecular formula is C29H35ClN2O3. The second-order valence-corrected chi connectivity index (χ2v) is 9.38. The second-order valence-electron chi connectivity index (χ2n) is 9.38. The molecule has 1 saturated heterocycles. The number of amides is 1. The summed E-state index contributed by atoms with van der Waals surface area (Å²) in [5.74, 6) is -0.0562. The highest BCUT2D eigenvalue weighted by Crippen LogP contribution is 2.33. The van der Waals surface area contributed by atoms with Crippen LogP contribution in [0.3, 0.4) is 0 Å². The number of nitrogens with one attached hydrogen (secondary N) is 1. The lowest BCUT2D eigenvalue weighted by atomic mass is 9.88. The van der Waals surface area contributed by atoms with Crippen LogP contribution in [-0.4, -0.2) is 41.5 Å². The molecule has 2 N–H and O–H groups in total. The number of nitrogens with zero attached hydrogens (tertiary/aromatic N) is 1. The Hall–Kier alpha value is -2.89.